The van der Waals surface area contributed by atoms with E-state index < -0.39 is 0 Å². The number of hydrogen-bond acceptors (Lipinski definition) is 4. The SMILES string of the molecule is COc1cnn(C(C)C)c1C(N)C1(C)CCCS1. The smallest absolute Gasteiger partial charge is 0.161 e. The van der Waals surface area contributed by atoms with Crippen LogP contribution < -0.4 is 10.5 Å². The highest BCUT2D eigenvalue weighted by molar-refractivity contribution is 8.00. The normalized spacial score (nSPS) is 25.7. The van der Waals surface area contributed by atoms with Crippen LogP contribution in [0, 0.1) is 0 Å². The van der Waals surface area contributed by atoms with Crippen molar-refractivity contribution in [2.75, 3.05) is 12.9 Å². The Labute approximate surface area is 113 Å². The molecular formula is C13H23N3OS. The lowest BCUT2D eigenvalue weighted by atomic mass is 9.93. The molecule has 0 saturated carbocycles. The highest BCUT2D eigenvalue weighted by Crippen LogP contribution is 2.47. The first-order chi connectivity index (χ1) is 8.49. The molecule has 1 aromatic heterocycles. The first kappa shape index (κ1) is 13.7. The zero-order valence-electron chi connectivity index (χ0n) is 11.6. The Kier molecular flexibility index (Phi) is 3.92. The van der Waals surface area contributed by atoms with Crippen LogP contribution in [0.5, 0.6) is 5.75 Å². The molecule has 1 saturated heterocycles. The average Bonchev–Trinajstić information content (AvgIpc) is 2.94. The third-order valence-corrected chi connectivity index (χ3v) is 5.32. The largest absolute Gasteiger partial charge is 0.493 e. The molecule has 2 N–H and O–H groups in total. The molecule has 2 unspecified atom stereocenters. The van der Waals surface area contributed by atoms with Gasteiger partial charge in [-0.15, -0.1) is 0 Å². The van der Waals surface area contributed by atoms with Crippen LogP contribution in [-0.4, -0.2) is 27.4 Å². The van der Waals surface area contributed by atoms with Crippen LogP contribution >= 0.6 is 11.8 Å². The molecular weight excluding hydrogens is 246 g/mol. The molecule has 2 atom stereocenters. The minimum atomic E-state index is -0.0372. The lowest BCUT2D eigenvalue weighted by Gasteiger charge is -2.31. The number of nitrogens with two attached hydrogens (primary N) is 1. The summed E-state index contributed by atoms with van der Waals surface area (Å²) in [4.78, 5) is 0. The number of nitrogens with zero attached hydrogens (tertiary/aromatic N) is 2. The van der Waals surface area contributed by atoms with E-state index in [0.717, 1.165) is 17.9 Å². The maximum absolute atomic E-state index is 6.53. The Morgan fingerprint density at radius 1 is 1.56 bits per heavy atom. The molecule has 102 valence electrons. The fourth-order valence-corrected chi connectivity index (χ4v) is 3.89. The minimum absolute atomic E-state index is 0.0372. The first-order valence-corrected chi connectivity index (χ1v) is 7.49. The maximum atomic E-state index is 6.53. The molecule has 1 aliphatic rings. The van der Waals surface area contributed by atoms with Gasteiger partial charge in [0.15, 0.2) is 5.75 Å². The van der Waals surface area contributed by atoms with Crippen LogP contribution in [0.1, 0.15) is 51.4 Å². The van der Waals surface area contributed by atoms with E-state index in [1.807, 2.05) is 16.4 Å². The second-order valence-corrected chi connectivity index (χ2v) is 7.01. The fraction of sp³-hybridized carbons (Fsp3) is 0.769. The molecule has 0 bridgehead atoms. The lowest BCUT2D eigenvalue weighted by molar-refractivity contribution is 0.380. The summed E-state index contributed by atoms with van der Waals surface area (Å²) in [5.41, 5.74) is 7.56. The molecule has 0 aromatic carbocycles. The van der Waals surface area contributed by atoms with Crippen molar-refractivity contribution < 1.29 is 4.74 Å². The van der Waals surface area contributed by atoms with Gasteiger partial charge in [-0.1, -0.05) is 0 Å². The molecule has 0 radical (unpaired) electrons. The van der Waals surface area contributed by atoms with Gasteiger partial charge < -0.3 is 10.5 Å². The summed E-state index contributed by atoms with van der Waals surface area (Å²) in [6, 6.07) is 0.259. The van der Waals surface area contributed by atoms with Gasteiger partial charge in [0.05, 0.1) is 25.0 Å². The number of methoxy groups -OCH3 is 1. The Morgan fingerprint density at radius 3 is 2.78 bits per heavy atom. The van der Waals surface area contributed by atoms with Gasteiger partial charge in [-0.2, -0.15) is 16.9 Å². The molecule has 5 heteroatoms. The van der Waals surface area contributed by atoms with Crippen molar-refractivity contribution in [2.24, 2.45) is 5.73 Å². The predicted molar refractivity (Wildman–Crippen MR) is 76.2 cm³/mol. The van der Waals surface area contributed by atoms with E-state index in [-0.39, 0.29) is 10.8 Å². The third kappa shape index (κ3) is 2.26. The molecule has 0 aliphatic carbocycles. The van der Waals surface area contributed by atoms with Crippen molar-refractivity contribution >= 4 is 11.8 Å². The van der Waals surface area contributed by atoms with Crippen LogP contribution in [0.3, 0.4) is 0 Å². The van der Waals surface area contributed by atoms with Crippen LogP contribution in [0.25, 0.3) is 0 Å². The van der Waals surface area contributed by atoms with Crippen molar-refractivity contribution in [2.45, 2.75) is 50.4 Å². The van der Waals surface area contributed by atoms with E-state index in [0.29, 0.717) is 6.04 Å². The molecule has 0 spiro atoms. The number of thioether (sulfide) groups is 1. The van der Waals surface area contributed by atoms with Gasteiger partial charge in [0.25, 0.3) is 0 Å². The first-order valence-electron chi connectivity index (χ1n) is 6.50. The monoisotopic (exact) mass is 269 g/mol. The summed E-state index contributed by atoms with van der Waals surface area (Å²) in [6.45, 7) is 6.49. The topological polar surface area (TPSA) is 53.1 Å². The molecule has 0 amide bonds. The molecule has 2 rings (SSSR count). The second kappa shape index (κ2) is 5.13. The standard InChI is InChI=1S/C13H23N3OS/c1-9(2)16-11(10(17-4)8-15-16)12(14)13(3)6-5-7-18-13/h8-9,12H,5-7,14H2,1-4H3. The summed E-state index contributed by atoms with van der Waals surface area (Å²) < 4.78 is 7.52. The van der Waals surface area contributed by atoms with Crippen molar-refractivity contribution in [3.05, 3.63) is 11.9 Å². The van der Waals surface area contributed by atoms with Gasteiger partial charge >= 0.3 is 0 Å². The third-order valence-electron chi connectivity index (χ3n) is 3.71. The number of hydrogen-bond donors (Lipinski definition) is 1. The Balaban J connectivity index is 2.39. The van der Waals surface area contributed by atoms with Gasteiger partial charge in [0.1, 0.15) is 0 Å². The van der Waals surface area contributed by atoms with E-state index in [4.69, 9.17) is 10.5 Å². The molecule has 1 aromatic rings. The predicted octanol–water partition coefficient (Wildman–Crippen LogP) is 2.76. The molecule has 4 nitrogen and oxygen atoms in total. The molecule has 1 aliphatic heterocycles. The highest BCUT2D eigenvalue weighted by atomic mass is 32.2. The van der Waals surface area contributed by atoms with Crippen molar-refractivity contribution in [1.29, 1.82) is 0 Å². The summed E-state index contributed by atoms with van der Waals surface area (Å²) in [5, 5.41) is 4.41. The van der Waals surface area contributed by atoms with Crippen LogP contribution in [0.2, 0.25) is 0 Å². The van der Waals surface area contributed by atoms with Gasteiger partial charge in [0, 0.05) is 10.8 Å². The van der Waals surface area contributed by atoms with E-state index in [2.05, 4.69) is 25.9 Å². The van der Waals surface area contributed by atoms with E-state index in [1.165, 1.54) is 12.2 Å². The molecule has 2 heterocycles. The molecule has 18 heavy (non-hydrogen) atoms. The van der Waals surface area contributed by atoms with Crippen LogP contribution in [0.4, 0.5) is 0 Å². The molecule has 1 fully saturated rings. The highest BCUT2D eigenvalue weighted by Gasteiger charge is 2.40. The van der Waals surface area contributed by atoms with Gasteiger partial charge in [-0.05, 0) is 39.4 Å². The lowest BCUT2D eigenvalue weighted by Crippen LogP contribution is -2.35. The number of rotatable bonds is 4. The zero-order chi connectivity index (χ0) is 13.3. The quantitative estimate of drug-likeness (QED) is 0.913. The van der Waals surface area contributed by atoms with Gasteiger partial charge in [0.2, 0.25) is 0 Å². The average molecular weight is 269 g/mol. The summed E-state index contributed by atoms with van der Waals surface area (Å²) in [6.07, 6.45) is 4.18. The summed E-state index contributed by atoms with van der Waals surface area (Å²) in [5.74, 6) is 2.01. The van der Waals surface area contributed by atoms with E-state index in [9.17, 15) is 0 Å². The Hall–Kier alpha value is -0.680. The second-order valence-electron chi connectivity index (χ2n) is 5.38. The summed E-state index contributed by atoms with van der Waals surface area (Å²) in [7, 11) is 1.68. The van der Waals surface area contributed by atoms with Crippen LogP contribution in [-0.2, 0) is 0 Å². The fourth-order valence-electron chi connectivity index (χ4n) is 2.56. The van der Waals surface area contributed by atoms with Crippen molar-refractivity contribution in [3.63, 3.8) is 0 Å². The van der Waals surface area contributed by atoms with Crippen LogP contribution in [0.15, 0.2) is 6.20 Å². The van der Waals surface area contributed by atoms with Gasteiger partial charge in [-0.3, -0.25) is 4.68 Å². The van der Waals surface area contributed by atoms with E-state index >= 15 is 0 Å². The minimum Gasteiger partial charge on any atom is -0.493 e. The van der Waals surface area contributed by atoms with Gasteiger partial charge in [-0.25, -0.2) is 0 Å². The summed E-state index contributed by atoms with van der Waals surface area (Å²) >= 11 is 1.97. The maximum Gasteiger partial charge on any atom is 0.161 e. The Morgan fingerprint density at radius 2 is 2.28 bits per heavy atom. The van der Waals surface area contributed by atoms with Crippen molar-refractivity contribution in [3.8, 4) is 5.75 Å². The number of ether oxygens (including phenoxy) is 1. The van der Waals surface area contributed by atoms with E-state index in [1.54, 1.807) is 13.3 Å². The zero-order valence-corrected chi connectivity index (χ0v) is 12.5. The van der Waals surface area contributed by atoms with Crippen molar-refractivity contribution in [1.82, 2.24) is 9.78 Å². The number of aromatic nitrogens is 2. The Bertz CT molecular complexity index is 410.